The maximum absolute atomic E-state index is 15.2. The molecule has 1 N–H and O–H groups in total. The SMILES string of the molecule is C[C@H](Oc1cc(-n2nc3n(c2=O)CCC2(CC2)C3)c(F)cc1C(=O)Nc1ccccc1F)C(F)(F)F. The van der Waals surface area contributed by atoms with Crippen molar-refractivity contribution in [2.45, 2.75) is 51.4 Å². The molecule has 2 heterocycles. The van der Waals surface area contributed by atoms with Crippen molar-refractivity contribution in [3.8, 4) is 11.4 Å². The maximum Gasteiger partial charge on any atom is 0.425 e. The predicted octanol–water partition coefficient (Wildman–Crippen LogP) is 4.62. The summed E-state index contributed by atoms with van der Waals surface area (Å²) in [4.78, 5) is 25.8. The van der Waals surface area contributed by atoms with Gasteiger partial charge in [0.05, 0.1) is 11.3 Å². The number of nitrogens with zero attached hydrogens (tertiary/aromatic N) is 3. The second-order valence-electron chi connectivity index (χ2n) is 9.22. The molecule has 1 aromatic heterocycles. The molecule has 0 radical (unpaired) electrons. The summed E-state index contributed by atoms with van der Waals surface area (Å²) in [7, 11) is 0. The van der Waals surface area contributed by atoms with Crippen LogP contribution in [-0.4, -0.2) is 32.5 Å². The molecule has 5 rings (SSSR count). The molecule has 36 heavy (non-hydrogen) atoms. The second-order valence-corrected chi connectivity index (χ2v) is 9.22. The summed E-state index contributed by atoms with van der Waals surface area (Å²) in [5.74, 6) is -3.14. The van der Waals surface area contributed by atoms with Crippen LogP contribution in [0.3, 0.4) is 0 Å². The number of fused-ring (bicyclic) bond motifs is 1. The number of nitrogens with one attached hydrogen (secondary N) is 1. The van der Waals surface area contributed by atoms with Crippen molar-refractivity contribution in [1.82, 2.24) is 14.3 Å². The lowest BCUT2D eigenvalue weighted by atomic mass is 9.95. The van der Waals surface area contributed by atoms with Crippen molar-refractivity contribution in [2.24, 2.45) is 5.41 Å². The van der Waals surface area contributed by atoms with Crippen molar-refractivity contribution in [3.63, 3.8) is 0 Å². The molecule has 1 amide bonds. The van der Waals surface area contributed by atoms with E-state index >= 15 is 4.39 Å². The summed E-state index contributed by atoms with van der Waals surface area (Å²) in [6, 6.07) is 6.61. The minimum atomic E-state index is -4.79. The van der Waals surface area contributed by atoms with E-state index in [0.29, 0.717) is 24.9 Å². The van der Waals surface area contributed by atoms with Crippen LogP contribution in [0.5, 0.6) is 5.75 Å². The van der Waals surface area contributed by atoms with Gasteiger partial charge in [-0.25, -0.2) is 13.6 Å². The summed E-state index contributed by atoms with van der Waals surface area (Å²) in [6.45, 7) is 1.13. The Labute approximate surface area is 201 Å². The van der Waals surface area contributed by atoms with Gasteiger partial charge in [0.15, 0.2) is 6.10 Å². The molecule has 1 aliphatic carbocycles. The van der Waals surface area contributed by atoms with E-state index in [2.05, 4.69) is 10.4 Å². The van der Waals surface area contributed by atoms with Crippen LogP contribution in [-0.2, 0) is 13.0 Å². The number of para-hydroxylation sites is 1. The number of alkyl halides is 3. The molecule has 0 unspecified atom stereocenters. The van der Waals surface area contributed by atoms with Gasteiger partial charge in [0, 0.05) is 19.0 Å². The lowest BCUT2D eigenvalue weighted by molar-refractivity contribution is -0.189. The highest BCUT2D eigenvalue weighted by atomic mass is 19.4. The van der Waals surface area contributed by atoms with Crippen LogP contribution in [0.2, 0.25) is 0 Å². The molecule has 1 aliphatic heterocycles. The molecular formula is C24H21F5N4O3. The molecule has 0 saturated heterocycles. The Morgan fingerprint density at radius 2 is 1.86 bits per heavy atom. The number of rotatable bonds is 5. The van der Waals surface area contributed by atoms with E-state index in [4.69, 9.17) is 4.74 Å². The monoisotopic (exact) mass is 508 g/mol. The number of carbonyl (C=O) groups excluding carboxylic acids is 1. The highest BCUT2D eigenvalue weighted by Crippen LogP contribution is 2.53. The van der Waals surface area contributed by atoms with Crippen LogP contribution in [0.25, 0.3) is 5.69 Å². The first-order valence-electron chi connectivity index (χ1n) is 11.3. The number of hydrogen-bond acceptors (Lipinski definition) is 4. The predicted molar refractivity (Wildman–Crippen MR) is 118 cm³/mol. The van der Waals surface area contributed by atoms with Crippen molar-refractivity contribution >= 4 is 11.6 Å². The molecule has 1 atom stereocenters. The van der Waals surface area contributed by atoms with E-state index in [1.165, 1.54) is 22.8 Å². The van der Waals surface area contributed by atoms with Crippen molar-refractivity contribution in [2.75, 3.05) is 5.32 Å². The van der Waals surface area contributed by atoms with Gasteiger partial charge < -0.3 is 10.1 Å². The lowest BCUT2D eigenvalue weighted by Gasteiger charge is -2.20. The van der Waals surface area contributed by atoms with Gasteiger partial charge in [-0.3, -0.25) is 9.36 Å². The Hall–Kier alpha value is -3.70. The van der Waals surface area contributed by atoms with Gasteiger partial charge in [-0.2, -0.15) is 17.9 Å². The Balaban J connectivity index is 1.56. The fraction of sp³-hybridized carbons (Fsp3) is 0.375. The van der Waals surface area contributed by atoms with E-state index < -0.39 is 52.5 Å². The smallest absolute Gasteiger partial charge is 0.425 e. The van der Waals surface area contributed by atoms with E-state index in [1.807, 2.05) is 0 Å². The van der Waals surface area contributed by atoms with Gasteiger partial charge in [-0.05, 0) is 49.8 Å². The molecule has 12 heteroatoms. The van der Waals surface area contributed by atoms with Crippen molar-refractivity contribution in [3.05, 3.63) is 69.9 Å². The normalized spacial score (nSPS) is 16.9. The fourth-order valence-electron chi connectivity index (χ4n) is 4.32. The number of hydrogen-bond donors (Lipinski definition) is 1. The maximum atomic E-state index is 15.2. The third-order valence-electron chi connectivity index (χ3n) is 6.70. The first-order valence-corrected chi connectivity index (χ1v) is 11.3. The van der Waals surface area contributed by atoms with Gasteiger partial charge >= 0.3 is 11.9 Å². The summed E-state index contributed by atoms with van der Waals surface area (Å²) in [6.07, 6.45) is -3.79. The summed E-state index contributed by atoms with van der Waals surface area (Å²) in [5, 5.41) is 6.44. The molecule has 3 aromatic rings. The Kier molecular flexibility index (Phi) is 5.64. The molecule has 2 aliphatic rings. The largest absolute Gasteiger partial charge is 0.480 e. The number of aromatic nitrogens is 3. The minimum absolute atomic E-state index is 0.106. The zero-order chi connectivity index (χ0) is 25.8. The Morgan fingerprint density at radius 3 is 2.53 bits per heavy atom. The summed E-state index contributed by atoms with van der Waals surface area (Å²) in [5.41, 5.74) is -1.86. The molecule has 190 valence electrons. The highest BCUT2D eigenvalue weighted by molar-refractivity contribution is 6.06. The van der Waals surface area contributed by atoms with Crippen LogP contribution >= 0.6 is 0 Å². The second kappa shape index (κ2) is 8.45. The Bertz CT molecular complexity index is 1410. The molecular weight excluding hydrogens is 487 g/mol. The zero-order valence-corrected chi connectivity index (χ0v) is 19.0. The number of amides is 1. The fourth-order valence-corrected chi connectivity index (χ4v) is 4.32. The van der Waals surface area contributed by atoms with Crippen LogP contribution in [0.4, 0.5) is 27.6 Å². The number of anilines is 1. The minimum Gasteiger partial charge on any atom is -0.480 e. The number of benzene rings is 2. The van der Waals surface area contributed by atoms with Gasteiger partial charge in [0.2, 0.25) is 0 Å². The molecule has 1 fully saturated rings. The highest BCUT2D eigenvalue weighted by Gasteiger charge is 2.46. The van der Waals surface area contributed by atoms with Crippen LogP contribution in [0, 0.1) is 17.0 Å². The third-order valence-corrected chi connectivity index (χ3v) is 6.70. The van der Waals surface area contributed by atoms with E-state index in [-0.39, 0.29) is 11.1 Å². The standard InChI is InChI=1S/C24H21F5N4O3/c1-13(24(27,28)29)36-19-11-18(33-22(35)32-9-8-23(6-7-23)12-20(32)31-33)16(26)10-14(19)21(34)30-17-5-3-2-4-15(17)25/h2-5,10-11,13H,6-9,12H2,1H3,(H,30,34)/t13-/m0/s1. The van der Waals surface area contributed by atoms with Crippen molar-refractivity contribution < 1.29 is 31.5 Å². The zero-order valence-electron chi connectivity index (χ0n) is 19.0. The van der Waals surface area contributed by atoms with Crippen LogP contribution in [0.1, 0.15) is 42.4 Å². The summed E-state index contributed by atoms with van der Waals surface area (Å²) >= 11 is 0. The topological polar surface area (TPSA) is 78.2 Å². The molecule has 1 saturated carbocycles. The van der Waals surface area contributed by atoms with E-state index in [9.17, 15) is 27.2 Å². The Morgan fingerprint density at radius 1 is 1.14 bits per heavy atom. The van der Waals surface area contributed by atoms with Gasteiger partial charge in [-0.15, -0.1) is 5.10 Å². The number of halogens is 5. The lowest BCUT2D eigenvalue weighted by Crippen LogP contribution is -2.32. The first kappa shape index (κ1) is 24.0. The van der Waals surface area contributed by atoms with Crippen molar-refractivity contribution in [1.29, 1.82) is 0 Å². The first-order chi connectivity index (χ1) is 17.0. The molecule has 7 nitrogen and oxygen atoms in total. The van der Waals surface area contributed by atoms with Gasteiger partial charge in [-0.1, -0.05) is 12.1 Å². The van der Waals surface area contributed by atoms with Crippen LogP contribution < -0.4 is 15.7 Å². The van der Waals surface area contributed by atoms with Gasteiger partial charge in [0.25, 0.3) is 5.91 Å². The quantitative estimate of drug-likeness (QED) is 0.511. The van der Waals surface area contributed by atoms with Crippen LogP contribution in [0.15, 0.2) is 41.2 Å². The average Bonchev–Trinajstić information content (AvgIpc) is 3.48. The average molecular weight is 508 g/mol. The van der Waals surface area contributed by atoms with Gasteiger partial charge in [0.1, 0.15) is 28.9 Å². The number of ether oxygens (including phenoxy) is 1. The molecule has 1 spiro atoms. The van der Waals surface area contributed by atoms with E-state index in [0.717, 1.165) is 43.0 Å². The number of carbonyl (C=O) groups is 1. The van der Waals surface area contributed by atoms with E-state index in [1.54, 1.807) is 0 Å². The molecule has 0 bridgehead atoms. The third kappa shape index (κ3) is 4.35. The summed E-state index contributed by atoms with van der Waals surface area (Å²) < 4.78 is 76.2. The molecule has 2 aromatic carbocycles.